The predicted molar refractivity (Wildman–Crippen MR) is 168 cm³/mol. The Bertz CT molecular complexity index is 1560. The molecule has 0 radical (unpaired) electrons. The summed E-state index contributed by atoms with van der Waals surface area (Å²) < 4.78 is 8.38. The summed E-state index contributed by atoms with van der Waals surface area (Å²) in [6.45, 7) is 5.17. The van der Waals surface area contributed by atoms with Crippen LogP contribution in [0.5, 0.6) is 5.75 Å². The fraction of sp³-hybridized carbons (Fsp3) is 0.206. The zero-order valence-electron chi connectivity index (χ0n) is 23.5. The van der Waals surface area contributed by atoms with Crippen LogP contribution < -0.4 is 14.4 Å². The second-order valence-electron chi connectivity index (χ2n) is 9.70. The molecule has 0 saturated carbocycles. The maximum atomic E-state index is 13.2. The van der Waals surface area contributed by atoms with E-state index in [-0.39, 0.29) is 11.8 Å². The molecule has 7 nitrogen and oxygen atoms in total. The Hall–Kier alpha value is -4.74. The average molecular weight is 577 g/mol. The molecule has 1 aliphatic rings. The van der Waals surface area contributed by atoms with Crippen LogP contribution >= 0.6 is 11.9 Å². The van der Waals surface area contributed by atoms with Gasteiger partial charge in [-0.15, -0.1) is 0 Å². The minimum absolute atomic E-state index is 0.0492. The number of piperazine rings is 1. The van der Waals surface area contributed by atoms with E-state index in [0.29, 0.717) is 55.2 Å². The maximum absolute atomic E-state index is 13.2. The van der Waals surface area contributed by atoms with Crippen molar-refractivity contribution in [3.05, 3.63) is 125 Å². The Morgan fingerprint density at radius 3 is 2.29 bits per heavy atom. The largest absolute Gasteiger partial charge is 0.494 e. The summed E-state index contributed by atoms with van der Waals surface area (Å²) in [4.78, 5) is 34.1. The lowest BCUT2D eigenvalue weighted by Gasteiger charge is -2.36. The molecule has 1 saturated heterocycles. The lowest BCUT2D eigenvalue weighted by molar-refractivity contribution is 0.0746. The molecule has 3 aromatic carbocycles. The van der Waals surface area contributed by atoms with Crippen LogP contribution in [0, 0.1) is 11.8 Å². The zero-order valence-corrected chi connectivity index (χ0v) is 24.3. The molecule has 0 unspecified atom stereocenters. The van der Waals surface area contributed by atoms with E-state index in [1.165, 1.54) is 11.9 Å². The number of nitrogens with zero attached hydrogens (tertiary/aromatic N) is 3. The van der Waals surface area contributed by atoms with Gasteiger partial charge in [0.2, 0.25) is 0 Å². The molecule has 8 heteroatoms. The molecular weight excluding hydrogens is 544 g/mol. The number of hydrogen-bond donors (Lipinski definition) is 1. The van der Waals surface area contributed by atoms with E-state index in [9.17, 15) is 9.59 Å². The highest BCUT2D eigenvalue weighted by atomic mass is 32.2. The first-order valence-electron chi connectivity index (χ1n) is 13.9. The molecule has 0 bridgehead atoms. The molecule has 0 spiro atoms. The average Bonchev–Trinajstić information content (AvgIpc) is 3.05. The van der Waals surface area contributed by atoms with Gasteiger partial charge in [0.1, 0.15) is 5.75 Å². The van der Waals surface area contributed by atoms with Crippen molar-refractivity contribution < 1.29 is 14.3 Å². The van der Waals surface area contributed by atoms with Crippen LogP contribution in [0.2, 0.25) is 0 Å². The molecule has 5 rings (SSSR count). The topological polar surface area (TPSA) is 74.8 Å². The van der Waals surface area contributed by atoms with Crippen molar-refractivity contribution in [2.24, 2.45) is 0 Å². The third-order valence-electron chi connectivity index (χ3n) is 6.81. The molecule has 2 heterocycles. The summed E-state index contributed by atoms with van der Waals surface area (Å²) >= 11 is 1.38. The number of carbonyl (C=O) groups is 2. The van der Waals surface area contributed by atoms with Gasteiger partial charge in [-0.2, -0.15) is 0 Å². The van der Waals surface area contributed by atoms with Crippen molar-refractivity contribution in [1.82, 2.24) is 14.6 Å². The van der Waals surface area contributed by atoms with Crippen molar-refractivity contribution >= 4 is 29.4 Å². The van der Waals surface area contributed by atoms with E-state index in [1.54, 1.807) is 18.5 Å². The van der Waals surface area contributed by atoms with Crippen molar-refractivity contribution in [3.63, 3.8) is 0 Å². The molecule has 1 aromatic heterocycles. The normalized spacial score (nSPS) is 12.7. The highest BCUT2D eigenvalue weighted by molar-refractivity contribution is 7.97. The Kier molecular flexibility index (Phi) is 9.76. The molecule has 1 fully saturated rings. The van der Waals surface area contributed by atoms with Crippen LogP contribution in [0.15, 0.2) is 97.3 Å². The van der Waals surface area contributed by atoms with E-state index in [2.05, 4.69) is 26.4 Å². The van der Waals surface area contributed by atoms with Gasteiger partial charge in [0, 0.05) is 66.7 Å². The lowest BCUT2D eigenvalue weighted by Crippen LogP contribution is -2.48. The van der Waals surface area contributed by atoms with Crippen LogP contribution in [-0.2, 0) is 5.75 Å². The highest BCUT2D eigenvalue weighted by Crippen LogP contribution is 2.19. The number of anilines is 1. The second kappa shape index (κ2) is 14.2. The van der Waals surface area contributed by atoms with E-state index in [1.807, 2.05) is 90.7 Å². The van der Waals surface area contributed by atoms with E-state index < -0.39 is 0 Å². The predicted octanol–water partition coefficient (Wildman–Crippen LogP) is 5.42. The zero-order chi connectivity index (χ0) is 29.1. The molecule has 0 aliphatic carbocycles. The fourth-order valence-electron chi connectivity index (χ4n) is 4.56. The molecule has 212 valence electrons. The molecule has 1 N–H and O–H groups in total. The van der Waals surface area contributed by atoms with Gasteiger partial charge >= 0.3 is 0 Å². The number of aromatic nitrogens is 1. The van der Waals surface area contributed by atoms with Crippen molar-refractivity contribution in [2.75, 3.05) is 37.7 Å². The van der Waals surface area contributed by atoms with Crippen LogP contribution in [-0.4, -0.2) is 54.5 Å². The maximum Gasteiger partial charge on any atom is 0.261 e. The van der Waals surface area contributed by atoms with Crippen LogP contribution in [0.25, 0.3) is 0 Å². The number of carbonyl (C=O) groups excluding carboxylic acids is 2. The SMILES string of the molecule is CCOc1ccc(C#Cc2cncc(C(=O)N3CCN(c4ccc(C(=O)NSCc5ccccc5)cc4)CC3)c2)cc1. The van der Waals surface area contributed by atoms with Crippen molar-refractivity contribution in [2.45, 2.75) is 12.7 Å². The third kappa shape index (κ3) is 7.71. The standard InChI is InChI=1S/C34H32N4O3S/c1-2-41-32-16-10-26(11-17-32)8-9-28-22-30(24-35-23-28)34(40)38-20-18-37(19-21-38)31-14-12-29(13-15-31)33(39)36-42-25-27-6-4-3-5-7-27/h3-7,10-17,22-24H,2,18-21,25H2,1H3,(H,36,39). The first-order valence-corrected chi connectivity index (χ1v) is 14.9. The van der Waals surface area contributed by atoms with Crippen molar-refractivity contribution in [3.8, 4) is 17.6 Å². The molecular formula is C34H32N4O3S. The molecule has 0 atom stereocenters. The van der Waals surface area contributed by atoms with Gasteiger partial charge in [0.15, 0.2) is 0 Å². The highest BCUT2D eigenvalue weighted by Gasteiger charge is 2.23. The molecule has 4 aromatic rings. The minimum atomic E-state index is -0.113. The first-order chi connectivity index (χ1) is 20.6. The Morgan fingerprint density at radius 1 is 0.857 bits per heavy atom. The fourth-order valence-corrected chi connectivity index (χ4v) is 5.24. The van der Waals surface area contributed by atoms with Gasteiger partial charge in [-0.3, -0.25) is 19.3 Å². The lowest BCUT2D eigenvalue weighted by atomic mass is 10.1. The Morgan fingerprint density at radius 2 is 1.57 bits per heavy atom. The number of pyridine rings is 1. The van der Waals surface area contributed by atoms with E-state index in [0.717, 1.165) is 22.6 Å². The van der Waals surface area contributed by atoms with Gasteiger partial charge < -0.3 is 14.5 Å². The molecule has 1 aliphatic heterocycles. The van der Waals surface area contributed by atoms with Crippen LogP contribution in [0.4, 0.5) is 5.69 Å². The van der Waals surface area contributed by atoms with E-state index >= 15 is 0 Å². The number of rotatable bonds is 8. The minimum Gasteiger partial charge on any atom is -0.494 e. The monoisotopic (exact) mass is 576 g/mol. The summed E-state index contributed by atoms with van der Waals surface area (Å²) in [5.74, 6) is 7.59. The number of hydrogen-bond acceptors (Lipinski definition) is 6. The molecule has 42 heavy (non-hydrogen) atoms. The summed E-state index contributed by atoms with van der Waals surface area (Å²) in [5.41, 5.74) is 4.89. The van der Waals surface area contributed by atoms with Crippen molar-refractivity contribution in [1.29, 1.82) is 0 Å². The smallest absolute Gasteiger partial charge is 0.261 e. The van der Waals surface area contributed by atoms with Gasteiger partial charge in [0.05, 0.1) is 12.2 Å². The Balaban J connectivity index is 1.12. The quantitative estimate of drug-likeness (QED) is 0.223. The summed E-state index contributed by atoms with van der Waals surface area (Å²) in [5, 5.41) is 0. The summed E-state index contributed by atoms with van der Waals surface area (Å²) in [7, 11) is 0. The first kappa shape index (κ1) is 28.8. The number of ether oxygens (including phenoxy) is 1. The number of nitrogens with one attached hydrogen (secondary N) is 1. The summed E-state index contributed by atoms with van der Waals surface area (Å²) in [6.07, 6.45) is 3.26. The van der Waals surface area contributed by atoms with Gasteiger partial charge in [-0.1, -0.05) is 42.2 Å². The Labute approximate surface area is 251 Å². The number of amides is 2. The second-order valence-corrected chi connectivity index (χ2v) is 10.5. The third-order valence-corrected chi connectivity index (χ3v) is 7.62. The van der Waals surface area contributed by atoms with Gasteiger partial charge in [-0.25, -0.2) is 0 Å². The number of benzene rings is 3. The van der Waals surface area contributed by atoms with Gasteiger partial charge in [-0.05, 0) is 79.0 Å². The van der Waals surface area contributed by atoms with Crippen LogP contribution in [0.1, 0.15) is 44.3 Å². The summed E-state index contributed by atoms with van der Waals surface area (Å²) in [6, 6.07) is 27.1. The van der Waals surface area contributed by atoms with Gasteiger partial charge in [0.25, 0.3) is 11.8 Å². The van der Waals surface area contributed by atoms with E-state index in [4.69, 9.17) is 4.74 Å². The van der Waals surface area contributed by atoms with Crippen LogP contribution in [0.3, 0.4) is 0 Å². The molecule has 2 amide bonds.